The quantitative estimate of drug-likeness (QED) is 0.843. The zero-order valence-electron chi connectivity index (χ0n) is 15.5. The summed E-state index contributed by atoms with van der Waals surface area (Å²) in [7, 11) is 4.29. The Morgan fingerprint density at radius 3 is 2.44 bits per heavy atom. The second-order valence-electron chi connectivity index (χ2n) is 8.57. The van der Waals surface area contributed by atoms with Gasteiger partial charge in [-0.3, -0.25) is 4.79 Å². The number of likely N-dealkylation sites (tertiary alicyclic amines) is 1. The minimum Gasteiger partial charge on any atom is -0.381 e. The zero-order chi connectivity index (χ0) is 17.5. The van der Waals surface area contributed by atoms with Crippen molar-refractivity contribution in [3.8, 4) is 0 Å². The summed E-state index contributed by atoms with van der Waals surface area (Å²) in [6, 6.07) is 10.4. The van der Waals surface area contributed by atoms with Crippen molar-refractivity contribution in [2.45, 2.75) is 31.1 Å². The SMILES string of the molecule is CN(C)C[C@@H]1CN(C(=O)C2(c3ccccc3)CC2)CC12CCOCC2. The highest BCUT2D eigenvalue weighted by molar-refractivity contribution is 5.91. The monoisotopic (exact) mass is 342 g/mol. The number of benzene rings is 1. The molecule has 1 aromatic carbocycles. The molecule has 0 N–H and O–H groups in total. The van der Waals surface area contributed by atoms with Crippen LogP contribution in [-0.4, -0.2) is 62.7 Å². The molecule has 1 saturated carbocycles. The number of hydrogen-bond acceptors (Lipinski definition) is 3. The Labute approximate surface area is 151 Å². The molecule has 0 unspecified atom stereocenters. The summed E-state index contributed by atoms with van der Waals surface area (Å²) in [4.78, 5) is 17.9. The van der Waals surface area contributed by atoms with Crippen LogP contribution in [0.5, 0.6) is 0 Å². The van der Waals surface area contributed by atoms with Crippen molar-refractivity contribution in [1.82, 2.24) is 9.80 Å². The standard InChI is InChI=1S/C21H30N2O2/c1-22(2)14-18-15-23(16-20(18)10-12-25-13-11-20)19(24)21(8-9-21)17-6-4-3-5-7-17/h3-7,18H,8-16H2,1-2H3/t18-/m1/s1. The first kappa shape index (κ1) is 17.0. The predicted octanol–water partition coefficient (Wildman–Crippen LogP) is 2.54. The van der Waals surface area contributed by atoms with Gasteiger partial charge in [0, 0.05) is 32.8 Å². The minimum atomic E-state index is -0.235. The second-order valence-corrected chi connectivity index (χ2v) is 8.57. The van der Waals surface area contributed by atoms with E-state index in [-0.39, 0.29) is 10.8 Å². The van der Waals surface area contributed by atoms with Gasteiger partial charge in [-0.25, -0.2) is 0 Å². The fourth-order valence-corrected chi connectivity index (χ4v) is 5.04. The van der Waals surface area contributed by atoms with Crippen LogP contribution in [0.4, 0.5) is 0 Å². The third-order valence-electron chi connectivity index (χ3n) is 6.66. The normalized spacial score (nSPS) is 27.0. The molecule has 0 aromatic heterocycles. The zero-order valence-corrected chi connectivity index (χ0v) is 15.5. The first-order valence-corrected chi connectivity index (χ1v) is 9.63. The van der Waals surface area contributed by atoms with Crippen LogP contribution in [-0.2, 0) is 14.9 Å². The molecule has 3 fully saturated rings. The molecule has 3 aliphatic rings. The molecule has 1 amide bonds. The van der Waals surface area contributed by atoms with Gasteiger partial charge in [0.15, 0.2) is 0 Å². The maximum absolute atomic E-state index is 13.5. The summed E-state index contributed by atoms with van der Waals surface area (Å²) < 4.78 is 5.64. The number of hydrogen-bond donors (Lipinski definition) is 0. The van der Waals surface area contributed by atoms with Gasteiger partial charge in [0.2, 0.25) is 5.91 Å². The van der Waals surface area contributed by atoms with Crippen molar-refractivity contribution >= 4 is 5.91 Å². The molecule has 2 saturated heterocycles. The van der Waals surface area contributed by atoms with Crippen LogP contribution in [0.15, 0.2) is 30.3 Å². The van der Waals surface area contributed by atoms with Gasteiger partial charge in [0.1, 0.15) is 0 Å². The maximum atomic E-state index is 13.5. The molecule has 4 heteroatoms. The lowest BCUT2D eigenvalue weighted by Crippen LogP contribution is -2.41. The largest absolute Gasteiger partial charge is 0.381 e. The highest BCUT2D eigenvalue weighted by Crippen LogP contribution is 2.52. The Balaban J connectivity index is 1.56. The fraction of sp³-hybridized carbons (Fsp3) is 0.667. The van der Waals surface area contributed by atoms with Gasteiger partial charge in [-0.05, 0) is 56.7 Å². The van der Waals surface area contributed by atoms with E-state index in [0.29, 0.717) is 11.8 Å². The Bertz CT molecular complexity index is 618. The summed E-state index contributed by atoms with van der Waals surface area (Å²) in [5, 5.41) is 0. The smallest absolute Gasteiger partial charge is 0.233 e. The Kier molecular flexibility index (Phi) is 4.37. The molecule has 4 rings (SSSR count). The molecule has 4 nitrogen and oxygen atoms in total. The molecule has 136 valence electrons. The van der Waals surface area contributed by atoms with Crippen LogP contribution in [0.25, 0.3) is 0 Å². The van der Waals surface area contributed by atoms with Crippen LogP contribution in [0, 0.1) is 11.3 Å². The fourth-order valence-electron chi connectivity index (χ4n) is 5.04. The third kappa shape index (κ3) is 3.00. The highest BCUT2D eigenvalue weighted by Gasteiger charge is 2.57. The van der Waals surface area contributed by atoms with Gasteiger partial charge in [0.05, 0.1) is 5.41 Å². The molecular weight excluding hydrogens is 312 g/mol. The summed E-state index contributed by atoms with van der Waals surface area (Å²) in [6.45, 7) is 4.57. The van der Waals surface area contributed by atoms with Gasteiger partial charge >= 0.3 is 0 Å². The number of nitrogens with zero attached hydrogens (tertiary/aromatic N) is 2. The molecule has 25 heavy (non-hydrogen) atoms. The van der Waals surface area contributed by atoms with Crippen molar-refractivity contribution < 1.29 is 9.53 Å². The van der Waals surface area contributed by atoms with E-state index in [1.54, 1.807) is 0 Å². The average Bonchev–Trinajstić information content (AvgIpc) is 3.37. The number of ether oxygens (including phenoxy) is 1. The van der Waals surface area contributed by atoms with E-state index in [1.807, 2.05) is 6.07 Å². The molecule has 2 heterocycles. The van der Waals surface area contributed by atoms with Gasteiger partial charge in [-0.15, -0.1) is 0 Å². The first-order chi connectivity index (χ1) is 12.1. The van der Waals surface area contributed by atoms with E-state index < -0.39 is 0 Å². The molecule has 1 atom stereocenters. The predicted molar refractivity (Wildman–Crippen MR) is 98.5 cm³/mol. The van der Waals surface area contributed by atoms with Crippen LogP contribution >= 0.6 is 0 Å². The summed E-state index contributed by atoms with van der Waals surface area (Å²) >= 11 is 0. The van der Waals surface area contributed by atoms with Crippen molar-refractivity contribution in [2.75, 3.05) is 46.9 Å². The van der Waals surface area contributed by atoms with E-state index in [0.717, 1.165) is 58.5 Å². The van der Waals surface area contributed by atoms with Crippen molar-refractivity contribution in [3.05, 3.63) is 35.9 Å². The molecule has 0 bridgehead atoms. The van der Waals surface area contributed by atoms with Crippen LogP contribution in [0.2, 0.25) is 0 Å². The topological polar surface area (TPSA) is 32.8 Å². The van der Waals surface area contributed by atoms with Gasteiger partial charge in [-0.1, -0.05) is 30.3 Å². The first-order valence-electron chi connectivity index (χ1n) is 9.63. The van der Waals surface area contributed by atoms with Gasteiger partial charge in [-0.2, -0.15) is 0 Å². The molecule has 1 aliphatic carbocycles. The third-order valence-corrected chi connectivity index (χ3v) is 6.66. The molecular formula is C21H30N2O2. The number of rotatable bonds is 4. The Hall–Kier alpha value is -1.39. The van der Waals surface area contributed by atoms with E-state index >= 15 is 0 Å². The van der Waals surface area contributed by atoms with E-state index in [2.05, 4.69) is 48.2 Å². The summed E-state index contributed by atoms with van der Waals surface area (Å²) in [5.74, 6) is 0.924. The average molecular weight is 342 g/mol. The van der Waals surface area contributed by atoms with Crippen LogP contribution < -0.4 is 0 Å². The Morgan fingerprint density at radius 2 is 1.84 bits per heavy atom. The van der Waals surface area contributed by atoms with Gasteiger partial charge < -0.3 is 14.5 Å². The van der Waals surface area contributed by atoms with Crippen LogP contribution in [0.3, 0.4) is 0 Å². The molecule has 2 aliphatic heterocycles. The van der Waals surface area contributed by atoms with Crippen LogP contribution in [0.1, 0.15) is 31.2 Å². The maximum Gasteiger partial charge on any atom is 0.233 e. The molecule has 1 aromatic rings. The number of carbonyl (C=O) groups is 1. The Morgan fingerprint density at radius 1 is 1.16 bits per heavy atom. The van der Waals surface area contributed by atoms with E-state index in [4.69, 9.17) is 4.74 Å². The van der Waals surface area contributed by atoms with Gasteiger partial charge in [0.25, 0.3) is 0 Å². The lowest BCUT2D eigenvalue weighted by molar-refractivity contribution is -0.133. The minimum absolute atomic E-state index is 0.235. The molecule has 0 radical (unpaired) electrons. The van der Waals surface area contributed by atoms with Crippen molar-refractivity contribution in [2.24, 2.45) is 11.3 Å². The summed E-state index contributed by atoms with van der Waals surface area (Å²) in [5.41, 5.74) is 1.23. The number of amides is 1. The molecule has 1 spiro atoms. The van der Waals surface area contributed by atoms with Crippen molar-refractivity contribution in [3.63, 3.8) is 0 Å². The lowest BCUT2D eigenvalue weighted by Gasteiger charge is -2.39. The lowest BCUT2D eigenvalue weighted by atomic mass is 9.72. The second kappa shape index (κ2) is 6.40. The van der Waals surface area contributed by atoms with E-state index in [1.165, 1.54) is 5.56 Å². The number of carbonyl (C=O) groups excluding carboxylic acids is 1. The summed E-state index contributed by atoms with van der Waals surface area (Å²) in [6.07, 6.45) is 4.18. The van der Waals surface area contributed by atoms with Crippen molar-refractivity contribution in [1.29, 1.82) is 0 Å². The highest BCUT2D eigenvalue weighted by atomic mass is 16.5. The van der Waals surface area contributed by atoms with E-state index in [9.17, 15) is 4.79 Å².